The third kappa shape index (κ3) is 5.47. The van der Waals surface area contributed by atoms with Crippen LogP contribution in [-0.2, 0) is 16.1 Å². The average molecular weight is 471 g/mol. The van der Waals surface area contributed by atoms with Crippen LogP contribution in [0.25, 0.3) is 21.3 Å². The highest BCUT2D eigenvalue weighted by atomic mass is 32.1. The number of amides is 2. The molecule has 1 atom stereocenters. The first-order chi connectivity index (χ1) is 15.7. The molecule has 0 aliphatic heterocycles. The molecule has 2 aromatic heterocycles. The number of nitrogens with zero attached hydrogens (tertiary/aromatic N) is 2. The highest BCUT2D eigenvalue weighted by molar-refractivity contribution is 7.18. The van der Waals surface area contributed by atoms with Crippen molar-refractivity contribution in [3.63, 3.8) is 0 Å². The Morgan fingerprint density at radius 1 is 1.24 bits per heavy atom. The highest BCUT2D eigenvalue weighted by Gasteiger charge is 2.25. The van der Waals surface area contributed by atoms with Crippen molar-refractivity contribution in [3.05, 3.63) is 51.6 Å². The SMILES string of the molecule is CC(C)Cn1cc(-c2cc3sc(C(C)C(=O)NCC(=O)NC4CC4)nc3cc2F)ccc1=O. The minimum Gasteiger partial charge on any atom is -0.352 e. The van der Waals surface area contributed by atoms with Crippen LogP contribution >= 0.6 is 11.3 Å². The molecule has 0 saturated heterocycles. The van der Waals surface area contributed by atoms with Gasteiger partial charge in [-0.3, -0.25) is 14.4 Å². The molecule has 4 rings (SSSR count). The summed E-state index contributed by atoms with van der Waals surface area (Å²) in [5.74, 6) is -1.24. The van der Waals surface area contributed by atoms with Gasteiger partial charge in [0.15, 0.2) is 0 Å². The second-order valence-corrected chi connectivity index (χ2v) is 10.00. The van der Waals surface area contributed by atoms with Crippen molar-refractivity contribution in [3.8, 4) is 11.1 Å². The molecule has 1 saturated carbocycles. The first kappa shape index (κ1) is 23.1. The van der Waals surface area contributed by atoms with Crippen molar-refractivity contribution in [2.24, 2.45) is 5.92 Å². The zero-order chi connectivity index (χ0) is 23.7. The fourth-order valence-corrected chi connectivity index (χ4v) is 4.58. The summed E-state index contributed by atoms with van der Waals surface area (Å²) in [5.41, 5.74) is 1.33. The number of nitrogens with one attached hydrogen (secondary N) is 2. The first-order valence-electron chi connectivity index (χ1n) is 11.1. The lowest BCUT2D eigenvalue weighted by atomic mass is 10.1. The third-order valence-electron chi connectivity index (χ3n) is 5.48. The van der Waals surface area contributed by atoms with Gasteiger partial charge in [-0.2, -0.15) is 0 Å². The van der Waals surface area contributed by atoms with Gasteiger partial charge in [0.25, 0.3) is 5.56 Å². The molecule has 1 aromatic carbocycles. The van der Waals surface area contributed by atoms with Crippen LogP contribution < -0.4 is 16.2 Å². The lowest BCUT2D eigenvalue weighted by molar-refractivity contribution is -0.126. The van der Waals surface area contributed by atoms with E-state index in [-0.39, 0.29) is 35.9 Å². The van der Waals surface area contributed by atoms with Crippen LogP contribution in [-0.4, -0.2) is 34.0 Å². The maximum absolute atomic E-state index is 14.9. The minimum atomic E-state index is -0.574. The molecular formula is C24H27FN4O3S. The molecule has 3 aromatic rings. The number of hydrogen-bond donors (Lipinski definition) is 2. The molecule has 2 amide bonds. The van der Waals surface area contributed by atoms with Crippen LogP contribution in [0.4, 0.5) is 4.39 Å². The minimum absolute atomic E-state index is 0.0740. The Morgan fingerprint density at radius 3 is 2.70 bits per heavy atom. The monoisotopic (exact) mass is 470 g/mol. The molecule has 7 nitrogen and oxygen atoms in total. The largest absolute Gasteiger partial charge is 0.352 e. The first-order valence-corrected chi connectivity index (χ1v) is 11.9. The lowest BCUT2D eigenvalue weighted by Crippen LogP contribution is -2.39. The molecule has 33 heavy (non-hydrogen) atoms. The lowest BCUT2D eigenvalue weighted by Gasteiger charge is -2.11. The number of halogens is 1. The Bertz CT molecular complexity index is 1260. The van der Waals surface area contributed by atoms with Gasteiger partial charge in [-0.1, -0.05) is 13.8 Å². The van der Waals surface area contributed by atoms with Crippen LogP contribution in [0.5, 0.6) is 0 Å². The summed E-state index contributed by atoms with van der Waals surface area (Å²) < 4.78 is 17.3. The van der Waals surface area contributed by atoms with Gasteiger partial charge in [0, 0.05) is 42.0 Å². The Labute approximate surface area is 195 Å². The summed E-state index contributed by atoms with van der Waals surface area (Å²) in [6.07, 6.45) is 3.65. The Kier molecular flexibility index (Phi) is 6.60. The predicted octanol–water partition coefficient (Wildman–Crippen LogP) is 3.42. The van der Waals surface area contributed by atoms with Crippen molar-refractivity contribution in [1.82, 2.24) is 20.2 Å². The molecule has 0 spiro atoms. The van der Waals surface area contributed by atoms with Crippen LogP contribution in [0.15, 0.2) is 35.3 Å². The molecule has 1 aliphatic rings. The van der Waals surface area contributed by atoms with Gasteiger partial charge in [0.1, 0.15) is 10.8 Å². The number of fused-ring (bicyclic) bond motifs is 1. The van der Waals surface area contributed by atoms with Gasteiger partial charge in [-0.05, 0) is 37.8 Å². The number of hydrogen-bond acceptors (Lipinski definition) is 5. The molecule has 9 heteroatoms. The van der Waals surface area contributed by atoms with Crippen molar-refractivity contribution in [2.45, 2.75) is 52.1 Å². The molecule has 174 valence electrons. The number of rotatable bonds is 8. The average Bonchev–Trinajstić information content (AvgIpc) is 3.48. The van der Waals surface area contributed by atoms with E-state index in [0.29, 0.717) is 28.2 Å². The van der Waals surface area contributed by atoms with E-state index in [1.54, 1.807) is 29.8 Å². The van der Waals surface area contributed by atoms with Crippen molar-refractivity contribution in [2.75, 3.05) is 6.54 Å². The maximum atomic E-state index is 14.9. The fourth-order valence-electron chi connectivity index (χ4n) is 3.54. The normalized spacial score (nSPS) is 14.5. The summed E-state index contributed by atoms with van der Waals surface area (Å²) in [6, 6.07) is 6.37. The number of carbonyl (C=O) groups is 2. The Hall–Kier alpha value is -3.07. The summed E-state index contributed by atoms with van der Waals surface area (Å²) in [4.78, 5) is 40.9. The third-order valence-corrected chi connectivity index (χ3v) is 6.68. The van der Waals surface area contributed by atoms with E-state index >= 15 is 0 Å². The van der Waals surface area contributed by atoms with Crippen LogP contribution in [0.2, 0.25) is 0 Å². The van der Waals surface area contributed by atoms with E-state index in [4.69, 9.17) is 0 Å². The maximum Gasteiger partial charge on any atom is 0.250 e. The van der Waals surface area contributed by atoms with Crippen LogP contribution in [0, 0.1) is 11.7 Å². The van der Waals surface area contributed by atoms with E-state index in [1.807, 2.05) is 13.8 Å². The van der Waals surface area contributed by atoms with E-state index in [0.717, 1.165) is 17.5 Å². The smallest absolute Gasteiger partial charge is 0.250 e. The van der Waals surface area contributed by atoms with Gasteiger partial charge in [0.05, 0.1) is 22.7 Å². The number of carbonyl (C=O) groups excluding carboxylic acids is 2. The van der Waals surface area contributed by atoms with Gasteiger partial charge in [0.2, 0.25) is 11.8 Å². The predicted molar refractivity (Wildman–Crippen MR) is 127 cm³/mol. The van der Waals surface area contributed by atoms with E-state index < -0.39 is 11.7 Å². The standard InChI is InChI=1S/C24H27FN4O3S/c1-13(2)11-29-12-15(4-7-22(29)31)17-8-20-19(9-18(17)25)28-24(33-20)14(3)23(32)26-10-21(30)27-16-5-6-16/h4,7-9,12-14,16H,5-6,10-11H2,1-3H3,(H,26,32)(H,27,30). The van der Waals surface area contributed by atoms with E-state index in [9.17, 15) is 18.8 Å². The van der Waals surface area contributed by atoms with Crippen LogP contribution in [0.3, 0.4) is 0 Å². The van der Waals surface area contributed by atoms with Crippen LogP contribution in [0.1, 0.15) is 44.5 Å². The second-order valence-electron chi connectivity index (χ2n) is 8.94. The summed E-state index contributed by atoms with van der Waals surface area (Å²) in [5, 5.41) is 6.02. The fraction of sp³-hybridized carbons (Fsp3) is 0.417. The van der Waals surface area contributed by atoms with Gasteiger partial charge >= 0.3 is 0 Å². The highest BCUT2D eigenvalue weighted by Crippen LogP contribution is 2.33. The molecule has 1 aliphatic carbocycles. The number of pyridine rings is 1. The van der Waals surface area contributed by atoms with Gasteiger partial charge < -0.3 is 15.2 Å². The quantitative estimate of drug-likeness (QED) is 0.528. The molecule has 0 radical (unpaired) electrons. The second kappa shape index (κ2) is 9.43. The van der Waals surface area contributed by atoms with Gasteiger partial charge in [-0.15, -0.1) is 11.3 Å². The van der Waals surface area contributed by atoms with Gasteiger partial charge in [-0.25, -0.2) is 9.37 Å². The molecule has 1 unspecified atom stereocenters. The topological polar surface area (TPSA) is 93.1 Å². The summed E-state index contributed by atoms with van der Waals surface area (Å²) in [6.45, 7) is 6.22. The summed E-state index contributed by atoms with van der Waals surface area (Å²) in [7, 11) is 0. The number of benzene rings is 1. The molecule has 1 fully saturated rings. The summed E-state index contributed by atoms with van der Waals surface area (Å²) >= 11 is 1.32. The Morgan fingerprint density at radius 2 is 2.00 bits per heavy atom. The molecule has 2 heterocycles. The Balaban J connectivity index is 1.54. The number of aromatic nitrogens is 2. The van der Waals surface area contributed by atoms with Crippen molar-refractivity contribution >= 4 is 33.4 Å². The molecule has 2 N–H and O–H groups in total. The van der Waals surface area contributed by atoms with Crippen molar-refractivity contribution < 1.29 is 14.0 Å². The van der Waals surface area contributed by atoms with Crippen molar-refractivity contribution in [1.29, 1.82) is 0 Å². The molecule has 0 bridgehead atoms. The molecular weight excluding hydrogens is 443 g/mol. The zero-order valence-corrected chi connectivity index (χ0v) is 19.7. The number of thiazole rings is 1. The zero-order valence-electron chi connectivity index (χ0n) is 18.9. The van der Waals surface area contributed by atoms with E-state index in [1.165, 1.54) is 23.5 Å². The van der Waals surface area contributed by atoms with E-state index in [2.05, 4.69) is 15.6 Å².